The standard InChI is InChI=1S/C10H10N6O2/c11-9-14-7-6(8(17)15-9)13-10(12)16(7)4-5-2-1-3-18-5/h1-3H,4H2,(H2,12,13)(H3,11,14,15,17). The molecular formula is C10H10N6O2. The molecule has 3 rings (SSSR count). The lowest BCUT2D eigenvalue weighted by Gasteiger charge is -2.03. The Morgan fingerprint density at radius 3 is 2.94 bits per heavy atom. The molecule has 0 unspecified atom stereocenters. The van der Waals surface area contributed by atoms with Crippen LogP contribution in [0.15, 0.2) is 27.6 Å². The van der Waals surface area contributed by atoms with Gasteiger partial charge in [0.05, 0.1) is 12.8 Å². The number of aromatic nitrogens is 4. The topological polar surface area (TPSA) is 129 Å². The van der Waals surface area contributed by atoms with E-state index in [0.29, 0.717) is 18.0 Å². The van der Waals surface area contributed by atoms with Crippen molar-refractivity contribution in [3.63, 3.8) is 0 Å². The summed E-state index contributed by atoms with van der Waals surface area (Å²) in [6.07, 6.45) is 1.55. The summed E-state index contributed by atoms with van der Waals surface area (Å²) in [7, 11) is 0. The molecule has 0 fully saturated rings. The van der Waals surface area contributed by atoms with Crippen molar-refractivity contribution in [2.24, 2.45) is 0 Å². The van der Waals surface area contributed by atoms with Crippen LogP contribution in [0.1, 0.15) is 5.76 Å². The molecule has 0 bridgehead atoms. The highest BCUT2D eigenvalue weighted by Crippen LogP contribution is 2.15. The lowest BCUT2D eigenvalue weighted by molar-refractivity contribution is 0.497. The fraction of sp³-hybridized carbons (Fsp3) is 0.100. The van der Waals surface area contributed by atoms with Crippen LogP contribution in [-0.4, -0.2) is 19.5 Å². The number of hydrogen-bond acceptors (Lipinski definition) is 6. The lowest BCUT2D eigenvalue weighted by atomic mass is 10.4. The Labute approximate surface area is 100 Å². The van der Waals surface area contributed by atoms with Gasteiger partial charge < -0.3 is 15.9 Å². The molecule has 5 N–H and O–H groups in total. The maximum Gasteiger partial charge on any atom is 0.280 e. The van der Waals surface area contributed by atoms with Crippen molar-refractivity contribution < 1.29 is 4.42 Å². The predicted molar refractivity (Wildman–Crippen MR) is 64.8 cm³/mol. The van der Waals surface area contributed by atoms with Crippen molar-refractivity contribution >= 4 is 23.1 Å². The molecule has 0 saturated carbocycles. The molecule has 18 heavy (non-hydrogen) atoms. The molecule has 0 atom stereocenters. The van der Waals surface area contributed by atoms with E-state index in [1.54, 1.807) is 23.0 Å². The number of anilines is 2. The van der Waals surface area contributed by atoms with E-state index in [1.807, 2.05) is 0 Å². The monoisotopic (exact) mass is 246 g/mol. The zero-order valence-electron chi connectivity index (χ0n) is 9.25. The Morgan fingerprint density at radius 2 is 2.22 bits per heavy atom. The SMILES string of the molecule is Nc1nc2c(nc(N)n2Cc2ccco2)c(=O)[nH]1. The smallest absolute Gasteiger partial charge is 0.280 e. The first-order valence-corrected chi connectivity index (χ1v) is 5.19. The van der Waals surface area contributed by atoms with Crippen LogP contribution in [0.4, 0.5) is 11.9 Å². The van der Waals surface area contributed by atoms with Crippen molar-refractivity contribution in [1.82, 2.24) is 19.5 Å². The van der Waals surface area contributed by atoms with Crippen molar-refractivity contribution in [3.05, 3.63) is 34.5 Å². The van der Waals surface area contributed by atoms with E-state index < -0.39 is 5.56 Å². The Kier molecular flexibility index (Phi) is 2.09. The first-order chi connectivity index (χ1) is 8.65. The van der Waals surface area contributed by atoms with Crippen LogP contribution < -0.4 is 17.0 Å². The summed E-state index contributed by atoms with van der Waals surface area (Å²) in [6.45, 7) is 0.339. The third kappa shape index (κ3) is 1.51. The largest absolute Gasteiger partial charge is 0.467 e. The summed E-state index contributed by atoms with van der Waals surface area (Å²) in [5.74, 6) is 0.889. The van der Waals surface area contributed by atoms with Gasteiger partial charge in [0.2, 0.25) is 11.9 Å². The number of nitrogen functional groups attached to an aromatic ring is 2. The zero-order valence-corrected chi connectivity index (χ0v) is 9.25. The first kappa shape index (κ1) is 10.4. The molecule has 0 aliphatic heterocycles. The molecule has 0 spiro atoms. The Bertz CT molecular complexity index is 755. The minimum atomic E-state index is -0.414. The van der Waals surface area contributed by atoms with Crippen molar-refractivity contribution in [3.8, 4) is 0 Å². The van der Waals surface area contributed by atoms with E-state index in [0.717, 1.165) is 0 Å². The van der Waals surface area contributed by atoms with Gasteiger partial charge in [0.25, 0.3) is 5.56 Å². The highest BCUT2D eigenvalue weighted by atomic mass is 16.3. The van der Waals surface area contributed by atoms with E-state index in [1.165, 1.54) is 0 Å². The second-order valence-corrected chi connectivity index (χ2v) is 3.76. The maximum absolute atomic E-state index is 11.6. The summed E-state index contributed by atoms with van der Waals surface area (Å²) in [5, 5.41) is 0. The van der Waals surface area contributed by atoms with E-state index in [9.17, 15) is 4.79 Å². The second kappa shape index (κ2) is 3.62. The number of hydrogen-bond donors (Lipinski definition) is 3. The number of rotatable bonds is 2. The summed E-state index contributed by atoms with van der Waals surface area (Å²) >= 11 is 0. The van der Waals surface area contributed by atoms with Gasteiger partial charge >= 0.3 is 0 Å². The highest BCUT2D eigenvalue weighted by molar-refractivity contribution is 5.74. The van der Waals surface area contributed by atoms with Crippen molar-refractivity contribution in [1.29, 1.82) is 0 Å². The van der Waals surface area contributed by atoms with Gasteiger partial charge in [0, 0.05) is 0 Å². The van der Waals surface area contributed by atoms with Crippen LogP contribution >= 0.6 is 0 Å². The fourth-order valence-corrected chi connectivity index (χ4v) is 1.76. The van der Waals surface area contributed by atoms with Crippen LogP contribution in [0.2, 0.25) is 0 Å². The number of aromatic amines is 1. The van der Waals surface area contributed by atoms with Crippen LogP contribution in [0.25, 0.3) is 11.2 Å². The Hall–Kier alpha value is -2.77. The molecule has 3 aromatic heterocycles. The van der Waals surface area contributed by atoms with Gasteiger partial charge in [-0.25, -0.2) is 4.98 Å². The van der Waals surface area contributed by atoms with E-state index in [4.69, 9.17) is 15.9 Å². The van der Waals surface area contributed by atoms with Crippen LogP contribution in [0.5, 0.6) is 0 Å². The van der Waals surface area contributed by atoms with E-state index >= 15 is 0 Å². The average molecular weight is 246 g/mol. The molecular weight excluding hydrogens is 236 g/mol. The summed E-state index contributed by atoms with van der Waals surface area (Å²) in [6, 6.07) is 3.56. The molecule has 3 aromatic rings. The molecule has 0 amide bonds. The van der Waals surface area contributed by atoms with Crippen molar-refractivity contribution in [2.45, 2.75) is 6.54 Å². The van der Waals surface area contributed by atoms with Gasteiger partial charge in [-0.1, -0.05) is 0 Å². The van der Waals surface area contributed by atoms with Gasteiger partial charge in [-0.3, -0.25) is 14.3 Å². The van der Waals surface area contributed by atoms with Crippen LogP contribution in [0, 0.1) is 0 Å². The van der Waals surface area contributed by atoms with Crippen molar-refractivity contribution in [2.75, 3.05) is 11.5 Å². The number of fused-ring (bicyclic) bond motifs is 1. The Balaban J connectivity index is 2.22. The average Bonchev–Trinajstić information content (AvgIpc) is 2.91. The number of nitrogens with two attached hydrogens (primary N) is 2. The van der Waals surface area contributed by atoms with E-state index in [-0.39, 0.29) is 17.4 Å². The van der Waals surface area contributed by atoms with Gasteiger partial charge in [0.15, 0.2) is 11.2 Å². The first-order valence-electron chi connectivity index (χ1n) is 5.19. The zero-order chi connectivity index (χ0) is 12.7. The molecule has 8 nitrogen and oxygen atoms in total. The molecule has 3 heterocycles. The van der Waals surface area contributed by atoms with Gasteiger partial charge in [-0.05, 0) is 12.1 Å². The van der Waals surface area contributed by atoms with Gasteiger partial charge in [0.1, 0.15) is 5.76 Å². The quantitative estimate of drug-likeness (QED) is 0.580. The minimum Gasteiger partial charge on any atom is -0.467 e. The molecule has 8 heteroatoms. The maximum atomic E-state index is 11.6. The molecule has 92 valence electrons. The number of nitrogens with one attached hydrogen (secondary N) is 1. The van der Waals surface area contributed by atoms with E-state index in [2.05, 4.69) is 15.0 Å². The van der Waals surface area contributed by atoms with Gasteiger partial charge in [-0.15, -0.1) is 0 Å². The fourth-order valence-electron chi connectivity index (χ4n) is 1.76. The Morgan fingerprint density at radius 1 is 1.39 bits per heavy atom. The van der Waals surface area contributed by atoms with Crippen LogP contribution in [0.3, 0.4) is 0 Å². The normalized spacial score (nSPS) is 11.1. The summed E-state index contributed by atoms with van der Waals surface area (Å²) in [5.41, 5.74) is 11.4. The molecule has 0 aliphatic carbocycles. The molecule has 0 aromatic carbocycles. The lowest BCUT2D eigenvalue weighted by Crippen LogP contribution is -2.12. The molecule has 0 aliphatic rings. The molecule has 0 radical (unpaired) electrons. The van der Waals surface area contributed by atoms with Gasteiger partial charge in [-0.2, -0.15) is 4.98 Å². The number of H-pyrrole nitrogens is 1. The highest BCUT2D eigenvalue weighted by Gasteiger charge is 2.14. The minimum absolute atomic E-state index is 0.0214. The third-order valence-electron chi connectivity index (χ3n) is 2.55. The molecule has 0 saturated heterocycles. The number of imidazole rings is 1. The third-order valence-corrected chi connectivity index (χ3v) is 2.55. The van der Waals surface area contributed by atoms with Crippen LogP contribution in [-0.2, 0) is 6.54 Å². The number of nitrogens with zero attached hydrogens (tertiary/aromatic N) is 3. The summed E-state index contributed by atoms with van der Waals surface area (Å²) < 4.78 is 6.79. The number of furan rings is 1. The second-order valence-electron chi connectivity index (χ2n) is 3.76. The summed E-state index contributed by atoms with van der Waals surface area (Å²) in [4.78, 5) is 22.0. The predicted octanol–water partition coefficient (Wildman–Crippen LogP) is -0.0747.